The van der Waals surface area contributed by atoms with Crippen LogP contribution in [0.2, 0.25) is 5.02 Å². The van der Waals surface area contributed by atoms with Crippen LogP contribution in [0.25, 0.3) is 17.0 Å². The molecule has 1 atom stereocenters. The Balaban J connectivity index is 1.58. The van der Waals surface area contributed by atoms with Gasteiger partial charge in [0.05, 0.1) is 18.2 Å². The maximum absolute atomic E-state index is 13.6. The van der Waals surface area contributed by atoms with Gasteiger partial charge in [-0.05, 0) is 66.6 Å². The van der Waals surface area contributed by atoms with Gasteiger partial charge in [0.1, 0.15) is 11.6 Å². The normalized spacial score (nSPS) is 15.9. The second-order valence-electron chi connectivity index (χ2n) is 8.08. The van der Waals surface area contributed by atoms with E-state index >= 15 is 0 Å². The van der Waals surface area contributed by atoms with Crippen LogP contribution in [-0.4, -0.2) is 21.1 Å². The van der Waals surface area contributed by atoms with Crippen molar-refractivity contribution in [1.29, 1.82) is 0 Å². The largest absolute Gasteiger partial charge is 0.334 e. The third-order valence-corrected chi connectivity index (χ3v) is 6.06. The first-order chi connectivity index (χ1) is 16.9. The molecule has 2 heterocycles. The zero-order valence-corrected chi connectivity index (χ0v) is 19.3. The lowest BCUT2D eigenvalue weighted by atomic mass is 9.94. The molecule has 1 N–H and O–H groups in total. The van der Waals surface area contributed by atoms with Crippen LogP contribution in [0.4, 0.5) is 13.6 Å². The summed E-state index contributed by atoms with van der Waals surface area (Å²) in [7, 11) is 0. The van der Waals surface area contributed by atoms with Crippen LogP contribution < -0.4 is 5.32 Å². The van der Waals surface area contributed by atoms with Gasteiger partial charge in [-0.25, -0.2) is 13.6 Å². The molecule has 0 bridgehead atoms. The van der Waals surface area contributed by atoms with Crippen molar-refractivity contribution in [3.8, 4) is 11.4 Å². The summed E-state index contributed by atoms with van der Waals surface area (Å²) in [5.41, 5.74) is 3.27. The Morgan fingerprint density at radius 1 is 0.971 bits per heavy atom. The molecule has 0 saturated carbocycles. The molecule has 0 fully saturated rings. The molecule has 6 nitrogen and oxygen atoms in total. The second-order valence-corrected chi connectivity index (χ2v) is 8.51. The Morgan fingerprint density at radius 3 is 2.26 bits per heavy atom. The standard InChI is InChI=1S/C26H19ClF2N4O2/c1-15-22(25-31-24(32-35-25)18-4-8-19(27)9-5-18)23(17-6-12-21(29)13-7-17)30-26(34)33(15)14-16-2-10-20(28)11-3-16/h2-13,23H,14H2,1H3,(H,30,34). The molecule has 0 aliphatic carbocycles. The van der Waals surface area contributed by atoms with Gasteiger partial charge >= 0.3 is 6.03 Å². The number of nitrogens with one attached hydrogen (secondary N) is 1. The van der Waals surface area contributed by atoms with E-state index in [0.717, 1.165) is 5.56 Å². The second kappa shape index (κ2) is 9.31. The quantitative estimate of drug-likeness (QED) is 0.351. The van der Waals surface area contributed by atoms with Crippen molar-refractivity contribution in [2.45, 2.75) is 19.5 Å². The summed E-state index contributed by atoms with van der Waals surface area (Å²) in [4.78, 5) is 19.2. The molecule has 176 valence electrons. The number of halogens is 3. The highest BCUT2D eigenvalue weighted by Gasteiger charge is 2.35. The van der Waals surface area contributed by atoms with E-state index in [1.54, 1.807) is 55.5 Å². The Labute approximate surface area is 204 Å². The highest BCUT2D eigenvalue weighted by molar-refractivity contribution is 6.30. The number of carbonyl (C=O) groups excluding carboxylic acids is 1. The van der Waals surface area contributed by atoms with Crippen LogP contribution in [0, 0.1) is 11.6 Å². The Morgan fingerprint density at radius 2 is 1.60 bits per heavy atom. The topological polar surface area (TPSA) is 71.3 Å². The summed E-state index contributed by atoms with van der Waals surface area (Å²) >= 11 is 5.98. The van der Waals surface area contributed by atoms with Crippen LogP contribution in [0.1, 0.15) is 30.0 Å². The molecule has 1 aromatic heterocycles. The van der Waals surface area contributed by atoms with Gasteiger partial charge in [0, 0.05) is 16.3 Å². The number of allylic oxidation sites excluding steroid dienone is 1. The average Bonchev–Trinajstić information content (AvgIpc) is 3.33. The van der Waals surface area contributed by atoms with E-state index in [2.05, 4.69) is 15.5 Å². The summed E-state index contributed by atoms with van der Waals surface area (Å²) < 4.78 is 32.6. The molecular weight excluding hydrogens is 474 g/mol. The number of amides is 2. The number of carbonyl (C=O) groups is 1. The molecule has 1 aliphatic rings. The summed E-state index contributed by atoms with van der Waals surface area (Å²) in [6, 6.07) is 17.8. The fraction of sp³-hybridized carbons (Fsp3) is 0.115. The monoisotopic (exact) mass is 492 g/mol. The van der Waals surface area contributed by atoms with Gasteiger partial charge in [0.25, 0.3) is 5.89 Å². The fourth-order valence-electron chi connectivity index (χ4n) is 3.98. The lowest BCUT2D eigenvalue weighted by molar-refractivity contribution is 0.203. The van der Waals surface area contributed by atoms with Crippen LogP contribution >= 0.6 is 11.6 Å². The number of rotatable bonds is 5. The molecule has 1 unspecified atom stereocenters. The molecular formula is C26H19ClF2N4O2. The Bertz CT molecular complexity index is 1400. The molecule has 0 saturated heterocycles. The summed E-state index contributed by atoms with van der Waals surface area (Å²) in [6.45, 7) is 1.98. The number of benzene rings is 3. The Kier molecular flexibility index (Phi) is 6.05. The minimum Gasteiger partial charge on any atom is -0.334 e. The summed E-state index contributed by atoms with van der Waals surface area (Å²) in [6.07, 6.45) is 0. The van der Waals surface area contributed by atoms with Crippen LogP contribution in [-0.2, 0) is 6.54 Å². The third kappa shape index (κ3) is 4.65. The van der Waals surface area contributed by atoms with Gasteiger partial charge in [-0.15, -0.1) is 0 Å². The molecule has 0 spiro atoms. The average molecular weight is 493 g/mol. The maximum Gasteiger partial charge on any atom is 0.322 e. The van der Waals surface area contributed by atoms with Crippen molar-refractivity contribution < 1.29 is 18.1 Å². The minimum absolute atomic E-state index is 0.204. The first-order valence-electron chi connectivity index (χ1n) is 10.8. The molecule has 4 aromatic rings. The van der Waals surface area contributed by atoms with Crippen molar-refractivity contribution in [1.82, 2.24) is 20.4 Å². The predicted octanol–water partition coefficient (Wildman–Crippen LogP) is 6.37. The highest BCUT2D eigenvalue weighted by atomic mass is 35.5. The first kappa shape index (κ1) is 22.7. The summed E-state index contributed by atoms with van der Waals surface area (Å²) in [5, 5.41) is 7.65. The molecule has 1 aliphatic heterocycles. The van der Waals surface area contributed by atoms with Crippen molar-refractivity contribution in [3.63, 3.8) is 0 Å². The smallest absolute Gasteiger partial charge is 0.322 e. The SMILES string of the molecule is CC1=C(c2nc(-c3ccc(Cl)cc3)no2)C(c2ccc(F)cc2)NC(=O)N1Cc1ccc(F)cc1. The number of hydrogen-bond donors (Lipinski definition) is 1. The van der Waals surface area contributed by atoms with Crippen LogP contribution in [0.3, 0.4) is 0 Å². The molecule has 9 heteroatoms. The van der Waals surface area contributed by atoms with E-state index in [1.165, 1.54) is 29.2 Å². The minimum atomic E-state index is -0.647. The van der Waals surface area contributed by atoms with Crippen molar-refractivity contribution in [2.24, 2.45) is 0 Å². The van der Waals surface area contributed by atoms with Crippen molar-refractivity contribution in [2.75, 3.05) is 0 Å². The Hall–Kier alpha value is -4.04. The van der Waals surface area contributed by atoms with E-state index in [0.29, 0.717) is 33.2 Å². The van der Waals surface area contributed by atoms with E-state index in [1.807, 2.05) is 0 Å². The number of hydrogen-bond acceptors (Lipinski definition) is 4. The molecule has 0 radical (unpaired) electrons. The van der Waals surface area contributed by atoms with Gasteiger partial charge in [-0.1, -0.05) is 41.0 Å². The molecule has 2 amide bonds. The zero-order chi connectivity index (χ0) is 24.5. The molecule has 3 aromatic carbocycles. The van der Waals surface area contributed by atoms with Crippen molar-refractivity contribution in [3.05, 3.63) is 112 Å². The molecule has 35 heavy (non-hydrogen) atoms. The van der Waals surface area contributed by atoms with E-state index < -0.39 is 6.04 Å². The van der Waals surface area contributed by atoms with Crippen LogP contribution in [0.15, 0.2) is 83.0 Å². The maximum atomic E-state index is 13.6. The van der Waals surface area contributed by atoms with Gasteiger partial charge in [-0.2, -0.15) is 4.98 Å². The predicted molar refractivity (Wildman–Crippen MR) is 127 cm³/mol. The zero-order valence-electron chi connectivity index (χ0n) is 18.5. The van der Waals surface area contributed by atoms with Gasteiger partial charge in [0.15, 0.2) is 0 Å². The van der Waals surface area contributed by atoms with Gasteiger partial charge in [0.2, 0.25) is 5.82 Å². The molecule has 5 rings (SSSR count). The first-order valence-corrected chi connectivity index (χ1v) is 11.2. The van der Waals surface area contributed by atoms with Crippen molar-refractivity contribution >= 4 is 23.2 Å². The van der Waals surface area contributed by atoms with E-state index in [4.69, 9.17) is 16.1 Å². The lowest BCUT2D eigenvalue weighted by Crippen LogP contribution is -2.45. The summed E-state index contributed by atoms with van der Waals surface area (Å²) in [5.74, 6) is -0.177. The van der Waals surface area contributed by atoms with Gasteiger partial charge in [-0.3, -0.25) is 4.90 Å². The lowest BCUT2D eigenvalue weighted by Gasteiger charge is -2.35. The third-order valence-electron chi connectivity index (χ3n) is 5.81. The van der Waals surface area contributed by atoms with Crippen LogP contribution in [0.5, 0.6) is 0 Å². The number of aromatic nitrogens is 2. The van der Waals surface area contributed by atoms with E-state index in [9.17, 15) is 13.6 Å². The number of nitrogens with zero attached hydrogens (tertiary/aromatic N) is 3. The number of urea groups is 1. The van der Waals surface area contributed by atoms with E-state index in [-0.39, 0.29) is 30.1 Å². The highest BCUT2D eigenvalue weighted by Crippen LogP contribution is 2.38. The fourth-order valence-corrected chi connectivity index (χ4v) is 4.10. The van der Waals surface area contributed by atoms with Gasteiger partial charge < -0.3 is 9.84 Å².